The van der Waals surface area contributed by atoms with Gasteiger partial charge in [-0.05, 0) is 6.92 Å². The number of aliphatic carboxylic acids is 1. The van der Waals surface area contributed by atoms with Gasteiger partial charge in [-0.15, -0.1) is 0 Å². The van der Waals surface area contributed by atoms with Gasteiger partial charge in [0.15, 0.2) is 0 Å². The van der Waals surface area contributed by atoms with Crippen LogP contribution in [0.1, 0.15) is 6.92 Å². The molecule has 0 bridgehead atoms. The van der Waals surface area contributed by atoms with E-state index in [0.717, 1.165) is 0 Å². The summed E-state index contributed by atoms with van der Waals surface area (Å²) in [5, 5.41) is 10.8. The van der Waals surface area contributed by atoms with Crippen molar-refractivity contribution in [1.82, 2.24) is 5.32 Å². The third-order valence-electron chi connectivity index (χ3n) is 1.51. The van der Waals surface area contributed by atoms with E-state index in [1.54, 1.807) is 0 Å². The number of carboxylic acid groups (broad SMARTS) is 1. The molecule has 0 fully saturated rings. The summed E-state index contributed by atoms with van der Waals surface area (Å²) >= 11 is 3.70. The van der Waals surface area contributed by atoms with Crippen molar-refractivity contribution >= 4 is 24.4 Å². The summed E-state index contributed by atoms with van der Waals surface area (Å²) in [6.07, 6.45) is -4.65. The fourth-order valence-electron chi connectivity index (χ4n) is 0.780. The second-order valence-electron chi connectivity index (χ2n) is 2.91. The summed E-state index contributed by atoms with van der Waals surface area (Å²) in [5.41, 5.74) is -0.177. The SMILES string of the molecule is C/C(=C/C(=O)C(F)(F)F)NC(CS)C(=O)O. The van der Waals surface area contributed by atoms with Crippen molar-refractivity contribution in [2.45, 2.75) is 19.1 Å². The maximum atomic E-state index is 11.8. The Morgan fingerprint density at radius 3 is 2.31 bits per heavy atom. The fraction of sp³-hybridized carbons (Fsp3) is 0.500. The van der Waals surface area contributed by atoms with Gasteiger partial charge in [0.25, 0.3) is 5.78 Å². The van der Waals surface area contributed by atoms with Crippen molar-refractivity contribution in [2.24, 2.45) is 0 Å². The highest BCUT2D eigenvalue weighted by molar-refractivity contribution is 7.80. The van der Waals surface area contributed by atoms with E-state index in [0.29, 0.717) is 6.08 Å². The molecule has 0 aliphatic heterocycles. The molecule has 0 aromatic carbocycles. The molecule has 1 atom stereocenters. The van der Waals surface area contributed by atoms with Crippen LogP contribution in [-0.4, -0.2) is 34.8 Å². The summed E-state index contributed by atoms with van der Waals surface area (Å²) in [7, 11) is 0. The van der Waals surface area contributed by atoms with E-state index in [4.69, 9.17) is 5.11 Å². The van der Waals surface area contributed by atoms with E-state index < -0.39 is 24.0 Å². The third kappa shape index (κ3) is 5.06. The quantitative estimate of drug-likeness (QED) is 0.507. The van der Waals surface area contributed by atoms with Crippen LogP contribution in [0.25, 0.3) is 0 Å². The number of carboxylic acids is 1. The predicted octanol–water partition coefficient (Wildman–Crippen LogP) is 0.994. The van der Waals surface area contributed by atoms with Gasteiger partial charge in [-0.3, -0.25) is 4.79 Å². The Morgan fingerprint density at radius 2 is 2.00 bits per heavy atom. The molecule has 2 N–H and O–H groups in total. The largest absolute Gasteiger partial charge is 0.480 e. The Morgan fingerprint density at radius 1 is 1.50 bits per heavy atom. The highest BCUT2D eigenvalue weighted by Crippen LogP contribution is 2.17. The molecule has 0 aromatic rings. The smallest absolute Gasteiger partial charge is 0.454 e. The first-order chi connectivity index (χ1) is 7.18. The standard InChI is InChI=1S/C8H10F3NO3S/c1-4(2-6(13)8(9,10)11)12-5(3-16)7(14)15/h2,5,12,16H,3H2,1H3,(H,14,15)/b4-2-. The minimum atomic E-state index is -4.96. The Kier molecular flexibility index (Phi) is 5.36. The number of halogens is 3. The first-order valence-electron chi connectivity index (χ1n) is 4.08. The summed E-state index contributed by atoms with van der Waals surface area (Å²) in [4.78, 5) is 21.0. The van der Waals surface area contributed by atoms with Crippen LogP contribution in [0.5, 0.6) is 0 Å². The monoisotopic (exact) mass is 257 g/mol. The van der Waals surface area contributed by atoms with Crippen LogP contribution in [0.15, 0.2) is 11.8 Å². The lowest BCUT2D eigenvalue weighted by molar-refractivity contribution is -0.165. The van der Waals surface area contributed by atoms with E-state index >= 15 is 0 Å². The summed E-state index contributed by atoms with van der Waals surface area (Å²) in [5.74, 6) is -3.41. The number of carbonyl (C=O) groups excluding carboxylic acids is 1. The van der Waals surface area contributed by atoms with Crippen LogP contribution in [0.2, 0.25) is 0 Å². The molecule has 0 aromatic heterocycles. The maximum Gasteiger partial charge on any atom is 0.454 e. The van der Waals surface area contributed by atoms with Crippen LogP contribution >= 0.6 is 12.6 Å². The van der Waals surface area contributed by atoms with E-state index in [-0.39, 0.29) is 11.4 Å². The molecule has 0 saturated heterocycles. The van der Waals surface area contributed by atoms with Crippen LogP contribution in [0.3, 0.4) is 0 Å². The lowest BCUT2D eigenvalue weighted by Crippen LogP contribution is -2.37. The number of hydrogen-bond acceptors (Lipinski definition) is 4. The Labute approximate surface area is 94.9 Å². The summed E-state index contributed by atoms with van der Waals surface area (Å²) in [6.45, 7) is 1.17. The van der Waals surface area contributed by atoms with Crippen molar-refractivity contribution < 1.29 is 27.9 Å². The summed E-state index contributed by atoms with van der Waals surface area (Å²) in [6, 6.07) is -1.14. The lowest BCUT2D eigenvalue weighted by atomic mass is 10.2. The number of thiol groups is 1. The van der Waals surface area contributed by atoms with Crippen molar-refractivity contribution in [3.63, 3.8) is 0 Å². The highest BCUT2D eigenvalue weighted by Gasteiger charge is 2.36. The molecular weight excluding hydrogens is 247 g/mol. The van der Waals surface area contributed by atoms with Crippen molar-refractivity contribution in [3.05, 3.63) is 11.8 Å². The number of hydrogen-bond donors (Lipinski definition) is 3. The van der Waals surface area contributed by atoms with Gasteiger partial charge in [0.2, 0.25) is 0 Å². The molecule has 4 nitrogen and oxygen atoms in total. The third-order valence-corrected chi connectivity index (χ3v) is 1.87. The van der Waals surface area contributed by atoms with Gasteiger partial charge in [0, 0.05) is 17.5 Å². The molecule has 0 aliphatic rings. The number of ketones is 1. The number of rotatable bonds is 5. The average Bonchev–Trinajstić information content (AvgIpc) is 2.11. The second-order valence-corrected chi connectivity index (χ2v) is 3.27. The molecule has 0 saturated carbocycles. The van der Waals surface area contributed by atoms with Crippen LogP contribution in [0.4, 0.5) is 13.2 Å². The number of allylic oxidation sites excluding steroid dienone is 2. The van der Waals surface area contributed by atoms with Crippen molar-refractivity contribution in [1.29, 1.82) is 0 Å². The molecule has 16 heavy (non-hydrogen) atoms. The molecule has 92 valence electrons. The van der Waals surface area contributed by atoms with E-state index in [1.165, 1.54) is 6.92 Å². The number of alkyl halides is 3. The van der Waals surface area contributed by atoms with E-state index in [2.05, 4.69) is 17.9 Å². The molecule has 0 aliphatic carbocycles. The molecular formula is C8H10F3NO3S. The van der Waals surface area contributed by atoms with Gasteiger partial charge in [-0.1, -0.05) is 0 Å². The number of nitrogens with one attached hydrogen (secondary N) is 1. The Bertz CT molecular complexity index is 314. The van der Waals surface area contributed by atoms with Crippen LogP contribution in [-0.2, 0) is 9.59 Å². The topological polar surface area (TPSA) is 66.4 Å². The van der Waals surface area contributed by atoms with Gasteiger partial charge in [-0.25, -0.2) is 4.79 Å². The van der Waals surface area contributed by atoms with Gasteiger partial charge in [0.1, 0.15) is 6.04 Å². The normalized spacial score (nSPS) is 14.4. The van der Waals surface area contributed by atoms with Gasteiger partial charge in [-0.2, -0.15) is 25.8 Å². The zero-order valence-corrected chi connectivity index (χ0v) is 9.10. The zero-order chi connectivity index (χ0) is 12.9. The predicted molar refractivity (Wildman–Crippen MR) is 53.2 cm³/mol. The number of carbonyl (C=O) groups is 2. The zero-order valence-electron chi connectivity index (χ0n) is 8.21. The minimum Gasteiger partial charge on any atom is -0.480 e. The Hall–Kier alpha value is -1.18. The first kappa shape index (κ1) is 14.8. The molecule has 0 spiro atoms. The first-order valence-corrected chi connectivity index (χ1v) is 4.71. The molecule has 0 heterocycles. The van der Waals surface area contributed by atoms with Crippen molar-refractivity contribution in [2.75, 3.05) is 5.75 Å². The molecule has 0 radical (unpaired) electrons. The van der Waals surface area contributed by atoms with E-state index in [9.17, 15) is 22.8 Å². The average molecular weight is 257 g/mol. The van der Waals surface area contributed by atoms with Gasteiger partial charge in [0.05, 0.1) is 0 Å². The fourth-order valence-corrected chi connectivity index (χ4v) is 1.03. The second kappa shape index (κ2) is 5.78. The van der Waals surface area contributed by atoms with Crippen LogP contribution in [0, 0.1) is 0 Å². The Balaban J connectivity index is 4.57. The van der Waals surface area contributed by atoms with Crippen molar-refractivity contribution in [3.8, 4) is 0 Å². The molecule has 0 rings (SSSR count). The summed E-state index contributed by atoms with van der Waals surface area (Å²) < 4.78 is 35.5. The highest BCUT2D eigenvalue weighted by atomic mass is 32.1. The van der Waals surface area contributed by atoms with Crippen LogP contribution < -0.4 is 5.32 Å². The molecule has 8 heteroatoms. The lowest BCUT2D eigenvalue weighted by Gasteiger charge is -2.13. The van der Waals surface area contributed by atoms with Gasteiger partial charge < -0.3 is 10.4 Å². The van der Waals surface area contributed by atoms with Gasteiger partial charge >= 0.3 is 12.1 Å². The molecule has 1 unspecified atom stereocenters. The maximum absolute atomic E-state index is 11.8. The van der Waals surface area contributed by atoms with E-state index in [1.807, 2.05) is 0 Å². The minimum absolute atomic E-state index is 0.110. The molecule has 0 amide bonds.